The summed E-state index contributed by atoms with van der Waals surface area (Å²) in [6.45, 7) is 11.0. The molecule has 1 saturated heterocycles. The Morgan fingerprint density at radius 1 is 1.28 bits per heavy atom. The lowest BCUT2D eigenvalue weighted by molar-refractivity contribution is 0.199. The van der Waals surface area contributed by atoms with Crippen LogP contribution in [-0.4, -0.2) is 18.2 Å². The Bertz CT molecular complexity index is 406. The van der Waals surface area contributed by atoms with E-state index in [1.54, 1.807) is 0 Å². The average molecular weight is 247 g/mol. The normalized spacial score (nSPS) is 22.3. The van der Waals surface area contributed by atoms with E-state index in [9.17, 15) is 5.11 Å². The standard InChI is InChI=1S/C16H25NO/c1-12(18)14-7-5-6-8-15(14)17-10-9-13(11-17)16(2,3)4/h5-8,12-13,18H,9-11H2,1-4H3/t12-,13?/m1/s1. The zero-order valence-corrected chi connectivity index (χ0v) is 12.0. The number of aliphatic hydroxyl groups is 1. The van der Waals surface area contributed by atoms with Crippen LogP contribution >= 0.6 is 0 Å². The maximum Gasteiger partial charge on any atom is 0.0781 e. The van der Waals surface area contributed by atoms with Crippen molar-refractivity contribution in [2.75, 3.05) is 18.0 Å². The molecule has 18 heavy (non-hydrogen) atoms. The Hall–Kier alpha value is -1.02. The first-order valence-corrected chi connectivity index (χ1v) is 6.91. The van der Waals surface area contributed by atoms with Crippen molar-refractivity contribution in [2.45, 2.75) is 40.2 Å². The summed E-state index contributed by atoms with van der Waals surface area (Å²) in [4.78, 5) is 2.43. The summed E-state index contributed by atoms with van der Waals surface area (Å²) in [7, 11) is 0. The van der Waals surface area contributed by atoms with E-state index in [0.717, 1.165) is 24.6 Å². The largest absolute Gasteiger partial charge is 0.389 e. The SMILES string of the molecule is C[C@@H](O)c1ccccc1N1CCC(C(C)(C)C)C1. The van der Waals surface area contributed by atoms with Gasteiger partial charge < -0.3 is 10.0 Å². The quantitative estimate of drug-likeness (QED) is 0.863. The predicted octanol–water partition coefficient (Wildman–Crippen LogP) is 3.61. The fraction of sp³-hybridized carbons (Fsp3) is 0.625. The molecule has 2 atom stereocenters. The Labute approximate surface area is 111 Å². The van der Waals surface area contributed by atoms with Gasteiger partial charge in [-0.05, 0) is 30.7 Å². The molecule has 1 aromatic rings. The van der Waals surface area contributed by atoms with Crippen LogP contribution in [0.25, 0.3) is 0 Å². The van der Waals surface area contributed by atoms with Crippen LogP contribution in [-0.2, 0) is 0 Å². The van der Waals surface area contributed by atoms with Crippen LogP contribution < -0.4 is 4.90 Å². The van der Waals surface area contributed by atoms with E-state index in [1.165, 1.54) is 12.1 Å². The number of hydrogen-bond donors (Lipinski definition) is 1. The van der Waals surface area contributed by atoms with Crippen molar-refractivity contribution in [3.63, 3.8) is 0 Å². The Balaban J connectivity index is 2.19. The number of rotatable bonds is 2. The molecule has 1 aromatic carbocycles. The molecule has 1 aliphatic rings. The summed E-state index contributed by atoms with van der Waals surface area (Å²) in [5.41, 5.74) is 2.63. The van der Waals surface area contributed by atoms with Crippen molar-refractivity contribution >= 4 is 5.69 Å². The molecule has 2 nitrogen and oxygen atoms in total. The number of hydrogen-bond acceptors (Lipinski definition) is 2. The molecule has 1 N–H and O–H groups in total. The lowest BCUT2D eigenvalue weighted by atomic mass is 9.80. The molecule has 0 aliphatic carbocycles. The van der Waals surface area contributed by atoms with Gasteiger partial charge in [0.15, 0.2) is 0 Å². The second kappa shape index (κ2) is 4.93. The van der Waals surface area contributed by atoms with E-state index < -0.39 is 6.10 Å². The minimum atomic E-state index is -0.394. The average Bonchev–Trinajstić information content (AvgIpc) is 2.77. The summed E-state index contributed by atoms with van der Waals surface area (Å²) in [6, 6.07) is 8.23. The molecule has 2 heteroatoms. The summed E-state index contributed by atoms with van der Waals surface area (Å²) in [6.07, 6.45) is 0.854. The smallest absolute Gasteiger partial charge is 0.0781 e. The lowest BCUT2D eigenvalue weighted by Gasteiger charge is -2.28. The second-order valence-corrected chi connectivity index (χ2v) is 6.53. The van der Waals surface area contributed by atoms with Crippen LogP contribution in [0.1, 0.15) is 45.8 Å². The molecule has 0 aromatic heterocycles. The first-order valence-electron chi connectivity index (χ1n) is 6.91. The fourth-order valence-corrected chi connectivity index (χ4v) is 2.81. The third-order valence-electron chi connectivity index (χ3n) is 4.14. The second-order valence-electron chi connectivity index (χ2n) is 6.53. The van der Waals surface area contributed by atoms with E-state index in [-0.39, 0.29) is 0 Å². The van der Waals surface area contributed by atoms with Gasteiger partial charge in [0, 0.05) is 24.3 Å². The first-order chi connectivity index (χ1) is 8.39. The zero-order valence-electron chi connectivity index (χ0n) is 12.0. The highest BCUT2D eigenvalue weighted by Gasteiger charge is 2.32. The Morgan fingerprint density at radius 3 is 2.50 bits per heavy atom. The molecule has 0 amide bonds. The molecule has 0 radical (unpaired) electrons. The van der Waals surface area contributed by atoms with Gasteiger partial charge in [-0.2, -0.15) is 0 Å². The van der Waals surface area contributed by atoms with Gasteiger partial charge in [-0.1, -0.05) is 39.0 Å². The van der Waals surface area contributed by atoms with Gasteiger partial charge in [-0.25, -0.2) is 0 Å². The van der Waals surface area contributed by atoms with Crippen LogP contribution in [0, 0.1) is 11.3 Å². The zero-order chi connectivity index (χ0) is 13.3. The van der Waals surface area contributed by atoms with Crippen LogP contribution in [0.15, 0.2) is 24.3 Å². The van der Waals surface area contributed by atoms with Crippen molar-refractivity contribution in [3.8, 4) is 0 Å². The van der Waals surface area contributed by atoms with E-state index in [0.29, 0.717) is 5.41 Å². The monoisotopic (exact) mass is 247 g/mol. The molecular formula is C16H25NO. The predicted molar refractivity (Wildman–Crippen MR) is 76.9 cm³/mol. The van der Waals surface area contributed by atoms with E-state index >= 15 is 0 Å². The minimum absolute atomic E-state index is 0.370. The van der Waals surface area contributed by atoms with Gasteiger partial charge >= 0.3 is 0 Å². The Kier molecular flexibility index (Phi) is 3.67. The van der Waals surface area contributed by atoms with E-state index in [1.807, 2.05) is 19.1 Å². The molecule has 1 unspecified atom stereocenters. The number of para-hydroxylation sites is 1. The summed E-state index contributed by atoms with van der Waals surface area (Å²) in [5, 5.41) is 9.86. The lowest BCUT2D eigenvalue weighted by Crippen LogP contribution is -2.26. The van der Waals surface area contributed by atoms with Gasteiger partial charge in [0.25, 0.3) is 0 Å². The molecule has 0 saturated carbocycles. The van der Waals surface area contributed by atoms with Crippen LogP contribution in [0.2, 0.25) is 0 Å². The summed E-state index contributed by atoms with van der Waals surface area (Å²) in [5.74, 6) is 0.736. The molecular weight excluding hydrogens is 222 g/mol. The van der Waals surface area contributed by atoms with Gasteiger partial charge in [0.1, 0.15) is 0 Å². The first kappa shape index (κ1) is 13.4. The fourth-order valence-electron chi connectivity index (χ4n) is 2.81. The van der Waals surface area contributed by atoms with Crippen LogP contribution in [0.4, 0.5) is 5.69 Å². The van der Waals surface area contributed by atoms with Crippen molar-refractivity contribution < 1.29 is 5.11 Å². The minimum Gasteiger partial charge on any atom is -0.389 e. The molecule has 1 aliphatic heterocycles. The molecule has 0 bridgehead atoms. The highest BCUT2D eigenvalue weighted by atomic mass is 16.3. The van der Waals surface area contributed by atoms with Crippen LogP contribution in [0.3, 0.4) is 0 Å². The van der Waals surface area contributed by atoms with E-state index in [2.05, 4.69) is 37.8 Å². The van der Waals surface area contributed by atoms with Crippen LogP contribution in [0.5, 0.6) is 0 Å². The molecule has 0 spiro atoms. The van der Waals surface area contributed by atoms with Gasteiger partial charge in [-0.3, -0.25) is 0 Å². The number of aliphatic hydroxyl groups excluding tert-OH is 1. The number of benzene rings is 1. The molecule has 2 rings (SSSR count). The van der Waals surface area contributed by atoms with Crippen molar-refractivity contribution in [2.24, 2.45) is 11.3 Å². The van der Waals surface area contributed by atoms with Gasteiger partial charge in [0.2, 0.25) is 0 Å². The number of anilines is 1. The molecule has 100 valence electrons. The number of nitrogens with zero attached hydrogens (tertiary/aromatic N) is 1. The maximum atomic E-state index is 9.86. The molecule has 1 heterocycles. The topological polar surface area (TPSA) is 23.5 Å². The summed E-state index contributed by atoms with van der Waals surface area (Å²) >= 11 is 0. The van der Waals surface area contributed by atoms with E-state index in [4.69, 9.17) is 0 Å². The highest BCUT2D eigenvalue weighted by Crippen LogP contribution is 2.37. The third kappa shape index (κ3) is 2.69. The van der Waals surface area contributed by atoms with Crippen molar-refractivity contribution in [1.82, 2.24) is 0 Å². The van der Waals surface area contributed by atoms with Crippen molar-refractivity contribution in [3.05, 3.63) is 29.8 Å². The van der Waals surface area contributed by atoms with Gasteiger partial charge in [-0.15, -0.1) is 0 Å². The maximum absolute atomic E-state index is 9.86. The highest BCUT2D eigenvalue weighted by molar-refractivity contribution is 5.55. The summed E-state index contributed by atoms with van der Waals surface area (Å²) < 4.78 is 0. The van der Waals surface area contributed by atoms with Gasteiger partial charge in [0.05, 0.1) is 6.10 Å². The third-order valence-corrected chi connectivity index (χ3v) is 4.14. The van der Waals surface area contributed by atoms with Crippen molar-refractivity contribution in [1.29, 1.82) is 0 Å². The Morgan fingerprint density at radius 2 is 1.94 bits per heavy atom. The molecule has 1 fully saturated rings.